The lowest BCUT2D eigenvalue weighted by Gasteiger charge is -2.33. The van der Waals surface area contributed by atoms with E-state index in [1.54, 1.807) is 6.20 Å². The molecule has 1 aliphatic carbocycles. The summed E-state index contributed by atoms with van der Waals surface area (Å²) in [6.07, 6.45) is 8.23. The Hall–Kier alpha value is -1.89. The van der Waals surface area contributed by atoms with Crippen molar-refractivity contribution in [3.05, 3.63) is 18.2 Å². The van der Waals surface area contributed by atoms with E-state index in [9.17, 15) is 14.7 Å². The maximum absolute atomic E-state index is 12.1. The summed E-state index contributed by atoms with van der Waals surface area (Å²) in [6.45, 7) is 0. The first-order valence-electron chi connectivity index (χ1n) is 7.27. The van der Waals surface area contributed by atoms with Crippen molar-refractivity contribution in [2.24, 2.45) is 5.73 Å². The van der Waals surface area contributed by atoms with E-state index in [4.69, 9.17) is 5.73 Å². The van der Waals surface area contributed by atoms with Gasteiger partial charge in [0.15, 0.2) is 0 Å². The molecule has 0 saturated heterocycles. The normalized spacial score (nSPS) is 18.9. The van der Waals surface area contributed by atoms with E-state index in [0.29, 0.717) is 5.69 Å². The number of nitrogens with zero attached hydrogens (tertiary/aromatic N) is 1. The molecule has 2 rings (SSSR count). The third-order valence-corrected chi connectivity index (χ3v) is 3.97. The zero-order valence-corrected chi connectivity index (χ0v) is 12.0. The molecule has 1 atom stereocenters. The zero-order valence-electron chi connectivity index (χ0n) is 12.0. The Morgan fingerprint density at radius 2 is 2.14 bits per heavy atom. The minimum absolute atomic E-state index is 0.179. The number of H-pyrrole nitrogens is 1. The summed E-state index contributed by atoms with van der Waals surface area (Å²) in [4.78, 5) is 30.0. The molecule has 0 aliphatic heterocycles. The number of imidazole rings is 1. The van der Waals surface area contributed by atoms with Crippen LogP contribution in [0.15, 0.2) is 12.5 Å². The van der Waals surface area contributed by atoms with Gasteiger partial charge in [0.1, 0.15) is 6.04 Å². The van der Waals surface area contributed by atoms with E-state index < -0.39 is 17.6 Å². The fourth-order valence-corrected chi connectivity index (χ4v) is 2.81. The van der Waals surface area contributed by atoms with Crippen molar-refractivity contribution in [3.8, 4) is 0 Å². The number of nitrogens with two attached hydrogens (primary N) is 1. The molecule has 1 heterocycles. The molecule has 0 aromatic carbocycles. The average Bonchev–Trinajstić information content (AvgIpc) is 2.91. The standard InChI is InChI=1S/C14H22N4O3/c15-14(4-2-1-3-5-14)7-12(19)18-11(13(20)21)6-10-8-16-9-17-10/h8-9,11H,1-7,15H2,(H,16,17)(H,18,19)(H,20,21). The molecule has 0 bridgehead atoms. The van der Waals surface area contributed by atoms with Crippen LogP contribution in [-0.2, 0) is 16.0 Å². The van der Waals surface area contributed by atoms with E-state index in [1.165, 1.54) is 6.33 Å². The molecular formula is C14H22N4O3. The van der Waals surface area contributed by atoms with Gasteiger partial charge in [0, 0.05) is 30.3 Å². The van der Waals surface area contributed by atoms with Gasteiger partial charge in [-0.05, 0) is 12.8 Å². The van der Waals surface area contributed by atoms with Crippen LogP contribution < -0.4 is 11.1 Å². The zero-order chi connectivity index (χ0) is 15.3. The number of carboxylic acid groups (broad SMARTS) is 1. The predicted molar refractivity (Wildman–Crippen MR) is 76.5 cm³/mol. The smallest absolute Gasteiger partial charge is 0.326 e. The topological polar surface area (TPSA) is 121 Å². The molecule has 5 N–H and O–H groups in total. The Bertz CT molecular complexity index is 480. The first-order chi connectivity index (χ1) is 9.98. The van der Waals surface area contributed by atoms with Crippen molar-refractivity contribution in [2.45, 2.75) is 56.5 Å². The van der Waals surface area contributed by atoms with Gasteiger partial charge in [-0.3, -0.25) is 4.79 Å². The molecular weight excluding hydrogens is 272 g/mol. The van der Waals surface area contributed by atoms with Gasteiger partial charge in [-0.2, -0.15) is 0 Å². The van der Waals surface area contributed by atoms with E-state index >= 15 is 0 Å². The molecule has 7 heteroatoms. The quantitative estimate of drug-likeness (QED) is 0.611. The summed E-state index contributed by atoms with van der Waals surface area (Å²) < 4.78 is 0. The summed E-state index contributed by atoms with van der Waals surface area (Å²) in [6, 6.07) is -0.967. The number of carbonyl (C=O) groups excluding carboxylic acids is 1. The monoisotopic (exact) mass is 294 g/mol. The number of rotatable bonds is 6. The average molecular weight is 294 g/mol. The molecule has 1 amide bonds. The highest BCUT2D eigenvalue weighted by Crippen LogP contribution is 2.28. The second-order valence-electron chi connectivity index (χ2n) is 5.84. The molecule has 0 spiro atoms. The minimum Gasteiger partial charge on any atom is -0.480 e. The number of hydrogen-bond acceptors (Lipinski definition) is 4. The SMILES string of the molecule is NC1(CC(=O)NC(Cc2cnc[nH]2)C(=O)O)CCCCC1. The minimum atomic E-state index is -1.06. The third-order valence-electron chi connectivity index (χ3n) is 3.97. The summed E-state index contributed by atoms with van der Waals surface area (Å²) in [7, 11) is 0. The van der Waals surface area contributed by atoms with Crippen LogP contribution in [0.2, 0.25) is 0 Å². The number of hydrogen-bond donors (Lipinski definition) is 4. The van der Waals surface area contributed by atoms with E-state index in [-0.39, 0.29) is 18.7 Å². The lowest BCUT2D eigenvalue weighted by Crippen LogP contribution is -2.49. The fraction of sp³-hybridized carbons (Fsp3) is 0.643. The Kier molecular flexibility index (Phi) is 4.95. The molecule has 0 radical (unpaired) electrons. The Labute approximate surface area is 123 Å². The number of carboxylic acids is 1. The van der Waals surface area contributed by atoms with Gasteiger partial charge < -0.3 is 21.1 Å². The maximum Gasteiger partial charge on any atom is 0.326 e. The summed E-state index contributed by atoms with van der Waals surface area (Å²) in [5.41, 5.74) is 6.41. The Morgan fingerprint density at radius 3 is 2.71 bits per heavy atom. The highest BCUT2D eigenvalue weighted by Gasteiger charge is 2.31. The van der Waals surface area contributed by atoms with Gasteiger partial charge in [0.25, 0.3) is 0 Å². The number of aromatic nitrogens is 2. The van der Waals surface area contributed by atoms with E-state index in [1.807, 2.05) is 0 Å². The Morgan fingerprint density at radius 1 is 1.43 bits per heavy atom. The lowest BCUT2D eigenvalue weighted by molar-refractivity contribution is -0.142. The van der Waals surface area contributed by atoms with Crippen LogP contribution in [0.25, 0.3) is 0 Å². The summed E-state index contributed by atoms with van der Waals surface area (Å²) in [5, 5.41) is 11.8. The van der Waals surface area contributed by atoms with Crippen molar-refractivity contribution in [1.82, 2.24) is 15.3 Å². The van der Waals surface area contributed by atoms with Gasteiger partial charge >= 0.3 is 5.97 Å². The first-order valence-corrected chi connectivity index (χ1v) is 7.27. The molecule has 1 fully saturated rings. The van der Waals surface area contributed by atoms with Crippen LogP contribution in [0, 0.1) is 0 Å². The molecule has 1 unspecified atom stereocenters. The third kappa shape index (κ3) is 4.56. The van der Waals surface area contributed by atoms with E-state index in [0.717, 1.165) is 32.1 Å². The van der Waals surface area contributed by atoms with E-state index in [2.05, 4.69) is 15.3 Å². The number of nitrogens with one attached hydrogen (secondary N) is 2. The van der Waals surface area contributed by atoms with Crippen LogP contribution >= 0.6 is 0 Å². The highest BCUT2D eigenvalue weighted by atomic mass is 16.4. The predicted octanol–water partition coefficient (Wildman–Crippen LogP) is 0.573. The van der Waals surface area contributed by atoms with Gasteiger partial charge in [0.2, 0.25) is 5.91 Å². The molecule has 116 valence electrons. The number of aliphatic carboxylic acids is 1. The molecule has 1 aromatic heterocycles. The number of aromatic amines is 1. The Balaban J connectivity index is 1.90. The molecule has 1 aliphatic rings. The van der Waals surface area contributed by atoms with Crippen molar-refractivity contribution in [1.29, 1.82) is 0 Å². The number of amides is 1. The van der Waals surface area contributed by atoms with Crippen LogP contribution in [0.5, 0.6) is 0 Å². The largest absolute Gasteiger partial charge is 0.480 e. The fourth-order valence-electron chi connectivity index (χ4n) is 2.81. The first kappa shape index (κ1) is 15.5. The van der Waals surface area contributed by atoms with Gasteiger partial charge in [-0.15, -0.1) is 0 Å². The van der Waals surface area contributed by atoms with Crippen molar-refractivity contribution in [3.63, 3.8) is 0 Å². The number of carbonyl (C=O) groups is 2. The molecule has 1 saturated carbocycles. The molecule has 7 nitrogen and oxygen atoms in total. The van der Waals surface area contributed by atoms with Crippen molar-refractivity contribution < 1.29 is 14.7 Å². The summed E-state index contributed by atoms with van der Waals surface area (Å²) in [5.74, 6) is -1.36. The highest BCUT2D eigenvalue weighted by molar-refractivity contribution is 5.84. The van der Waals surface area contributed by atoms with Crippen LogP contribution in [0.1, 0.15) is 44.2 Å². The molecule has 1 aromatic rings. The van der Waals surface area contributed by atoms with Crippen LogP contribution in [0.4, 0.5) is 0 Å². The summed E-state index contributed by atoms with van der Waals surface area (Å²) >= 11 is 0. The van der Waals surface area contributed by atoms with Crippen LogP contribution in [0.3, 0.4) is 0 Å². The lowest BCUT2D eigenvalue weighted by atomic mass is 9.80. The second kappa shape index (κ2) is 6.71. The van der Waals surface area contributed by atoms with Gasteiger partial charge in [-0.1, -0.05) is 19.3 Å². The van der Waals surface area contributed by atoms with Crippen LogP contribution in [-0.4, -0.2) is 38.5 Å². The second-order valence-corrected chi connectivity index (χ2v) is 5.84. The maximum atomic E-state index is 12.1. The van der Waals surface area contributed by atoms with Crippen molar-refractivity contribution >= 4 is 11.9 Å². The van der Waals surface area contributed by atoms with Gasteiger partial charge in [0.05, 0.1) is 6.33 Å². The van der Waals surface area contributed by atoms with Crippen molar-refractivity contribution in [2.75, 3.05) is 0 Å². The van der Waals surface area contributed by atoms with Gasteiger partial charge in [-0.25, -0.2) is 9.78 Å². The molecule has 21 heavy (non-hydrogen) atoms.